The molecule has 0 aliphatic heterocycles. The molecular weight excluding hydrogens is 173 g/mol. The van der Waals surface area contributed by atoms with E-state index in [9.17, 15) is 8.78 Å². The standard InChI is InChI=1S/C7H6F2.V/c1-5-3-2-4-6(8)7(5)9;/h2-4H,1H3;. The van der Waals surface area contributed by atoms with Gasteiger partial charge in [-0.3, -0.25) is 0 Å². The zero-order valence-electron chi connectivity index (χ0n) is 5.44. The minimum absolute atomic E-state index is 0. The molecule has 0 heterocycles. The van der Waals surface area contributed by atoms with Crippen LogP contribution in [0.4, 0.5) is 8.78 Å². The second kappa shape index (κ2) is 3.74. The fourth-order valence-corrected chi connectivity index (χ4v) is 0.612. The molecule has 0 nitrogen and oxygen atoms in total. The van der Waals surface area contributed by atoms with E-state index in [1.807, 2.05) is 0 Å². The van der Waals surface area contributed by atoms with Gasteiger partial charge in [0.25, 0.3) is 0 Å². The maximum absolute atomic E-state index is 12.4. The van der Waals surface area contributed by atoms with Crippen molar-refractivity contribution in [1.29, 1.82) is 0 Å². The van der Waals surface area contributed by atoms with Gasteiger partial charge in [-0.1, -0.05) is 12.1 Å². The van der Waals surface area contributed by atoms with Crippen LogP contribution in [-0.4, -0.2) is 0 Å². The molecule has 1 rings (SSSR count). The van der Waals surface area contributed by atoms with Gasteiger partial charge in [0.15, 0.2) is 11.6 Å². The van der Waals surface area contributed by atoms with E-state index in [0.29, 0.717) is 5.56 Å². The first-order chi connectivity index (χ1) is 4.22. The van der Waals surface area contributed by atoms with Crippen molar-refractivity contribution in [3.63, 3.8) is 0 Å². The molecule has 1 radical (unpaired) electrons. The molecule has 0 saturated heterocycles. The number of benzene rings is 1. The fraction of sp³-hybridized carbons (Fsp3) is 0.143. The second-order valence-electron chi connectivity index (χ2n) is 1.87. The van der Waals surface area contributed by atoms with Crippen LogP contribution in [0.5, 0.6) is 0 Å². The van der Waals surface area contributed by atoms with Gasteiger partial charge in [-0.25, -0.2) is 8.78 Å². The van der Waals surface area contributed by atoms with E-state index >= 15 is 0 Å². The van der Waals surface area contributed by atoms with Crippen molar-refractivity contribution in [3.05, 3.63) is 35.4 Å². The summed E-state index contributed by atoms with van der Waals surface area (Å²) in [4.78, 5) is 0. The van der Waals surface area contributed by atoms with Crippen molar-refractivity contribution in [2.75, 3.05) is 0 Å². The fourth-order valence-electron chi connectivity index (χ4n) is 0.612. The first-order valence-electron chi connectivity index (χ1n) is 2.62. The van der Waals surface area contributed by atoms with Crippen LogP contribution in [0.2, 0.25) is 0 Å². The number of hydrogen-bond acceptors (Lipinski definition) is 0. The number of hydrogen-bond donors (Lipinski definition) is 0. The van der Waals surface area contributed by atoms with Crippen molar-refractivity contribution >= 4 is 0 Å². The minimum atomic E-state index is -0.782. The molecular formula is C7H6F2V. The largest absolute Gasteiger partial charge is 0.204 e. The van der Waals surface area contributed by atoms with E-state index in [2.05, 4.69) is 0 Å². The summed E-state index contributed by atoms with van der Waals surface area (Å²) in [6.07, 6.45) is 0. The van der Waals surface area contributed by atoms with Crippen molar-refractivity contribution in [1.82, 2.24) is 0 Å². The SMILES string of the molecule is Cc1cccc(F)c1F.[V]. The van der Waals surface area contributed by atoms with Crippen LogP contribution in [0, 0.1) is 18.6 Å². The normalized spacial score (nSPS) is 8.70. The van der Waals surface area contributed by atoms with Gasteiger partial charge < -0.3 is 0 Å². The Morgan fingerprint density at radius 1 is 1.20 bits per heavy atom. The summed E-state index contributed by atoms with van der Waals surface area (Å²) in [7, 11) is 0. The van der Waals surface area contributed by atoms with Gasteiger partial charge in [0.05, 0.1) is 0 Å². The van der Waals surface area contributed by atoms with Crippen LogP contribution in [0.15, 0.2) is 18.2 Å². The summed E-state index contributed by atoms with van der Waals surface area (Å²) in [6, 6.07) is 4.11. The third kappa shape index (κ3) is 1.82. The van der Waals surface area contributed by atoms with E-state index in [0.717, 1.165) is 6.07 Å². The molecule has 0 aromatic heterocycles. The molecule has 0 aliphatic rings. The average molecular weight is 179 g/mol. The van der Waals surface area contributed by atoms with Crippen molar-refractivity contribution in [3.8, 4) is 0 Å². The third-order valence-electron chi connectivity index (χ3n) is 1.14. The Balaban J connectivity index is 0.000000810. The van der Waals surface area contributed by atoms with Gasteiger partial charge in [-0.05, 0) is 18.6 Å². The monoisotopic (exact) mass is 179 g/mol. The van der Waals surface area contributed by atoms with E-state index in [1.165, 1.54) is 19.1 Å². The summed E-state index contributed by atoms with van der Waals surface area (Å²) < 4.78 is 24.6. The number of aryl methyl sites for hydroxylation is 1. The third-order valence-corrected chi connectivity index (χ3v) is 1.14. The molecule has 53 valence electrons. The molecule has 3 heteroatoms. The molecule has 10 heavy (non-hydrogen) atoms. The molecule has 0 aliphatic carbocycles. The van der Waals surface area contributed by atoms with E-state index < -0.39 is 11.6 Å². The molecule has 0 unspecified atom stereocenters. The van der Waals surface area contributed by atoms with Gasteiger partial charge in [0.2, 0.25) is 0 Å². The van der Waals surface area contributed by atoms with Gasteiger partial charge in [-0.15, -0.1) is 0 Å². The molecule has 0 fully saturated rings. The molecule has 0 N–H and O–H groups in total. The van der Waals surface area contributed by atoms with Crippen LogP contribution >= 0.6 is 0 Å². The molecule has 1 aromatic carbocycles. The average Bonchev–Trinajstić information content (AvgIpc) is 1.83. The topological polar surface area (TPSA) is 0 Å². The molecule has 0 spiro atoms. The quantitative estimate of drug-likeness (QED) is 0.573. The number of rotatable bonds is 0. The predicted octanol–water partition coefficient (Wildman–Crippen LogP) is 2.27. The maximum atomic E-state index is 12.4. The predicted molar refractivity (Wildman–Crippen MR) is 31.1 cm³/mol. The Kier molecular flexibility index (Phi) is 3.62. The van der Waals surface area contributed by atoms with Crippen LogP contribution in [0.25, 0.3) is 0 Å². The first kappa shape index (κ1) is 9.66. The minimum Gasteiger partial charge on any atom is -0.204 e. The summed E-state index contributed by atoms with van der Waals surface area (Å²) in [6.45, 7) is 1.53. The molecule has 1 aromatic rings. The smallest absolute Gasteiger partial charge is 0.161 e. The van der Waals surface area contributed by atoms with Gasteiger partial charge in [0.1, 0.15) is 0 Å². The Hall–Kier alpha value is -0.336. The van der Waals surface area contributed by atoms with Gasteiger partial charge in [-0.2, -0.15) is 0 Å². The number of halogens is 2. The molecule has 0 amide bonds. The Bertz CT molecular complexity index is 203. The van der Waals surface area contributed by atoms with Crippen molar-refractivity contribution in [2.45, 2.75) is 6.92 Å². The zero-order valence-corrected chi connectivity index (χ0v) is 6.83. The van der Waals surface area contributed by atoms with Crippen LogP contribution in [0.1, 0.15) is 5.56 Å². The first-order valence-corrected chi connectivity index (χ1v) is 2.62. The second-order valence-corrected chi connectivity index (χ2v) is 1.87. The Morgan fingerprint density at radius 2 is 1.80 bits per heavy atom. The van der Waals surface area contributed by atoms with Gasteiger partial charge >= 0.3 is 0 Å². The molecule has 0 bridgehead atoms. The summed E-state index contributed by atoms with van der Waals surface area (Å²) in [5, 5.41) is 0. The summed E-state index contributed by atoms with van der Waals surface area (Å²) >= 11 is 0. The van der Waals surface area contributed by atoms with E-state index in [1.54, 1.807) is 0 Å². The van der Waals surface area contributed by atoms with Crippen molar-refractivity contribution < 1.29 is 27.3 Å². The van der Waals surface area contributed by atoms with Gasteiger partial charge in [0, 0.05) is 18.6 Å². The zero-order chi connectivity index (χ0) is 6.85. The molecule has 0 atom stereocenters. The molecule has 0 saturated carbocycles. The summed E-state index contributed by atoms with van der Waals surface area (Å²) in [5.74, 6) is -1.53. The summed E-state index contributed by atoms with van der Waals surface area (Å²) in [5.41, 5.74) is 0.343. The maximum Gasteiger partial charge on any atom is 0.161 e. The van der Waals surface area contributed by atoms with Crippen LogP contribution in [-0.2, 0) is 18.6 Å². The Morgan fingerprint density at radius 3 is 2.20 bits per heavy atom. The van der Waals surface area contributed by atoms with Crippen LogP contribution in [0.3, 0.4) is 0 Å². The Labute approximate surface area is 70.1 Å². The van der Waals surface area contributed by atoms with Crippen molar-refractivity contribution in [2.24, 2.45) is 0 Å². The van der Waals surface area contributed by atoms with E-state index in [-0.39, 0.29) is 18.6 Å². The van der Waals surface area contributed by atoms with E-state index in [4.69, 9.17) is 0 Å². The van der Waals surface area contributed by atoms with Crippen LogP contribution < -0.4 is 0 Å².